The fraction of sp³-hybridized carbons (Fsp3) is 0.500. The molecule has 1 aromatic heterocycles. The fourth-order valence-corrected chi connectivity index (χ4v) is 4.53. The molecule has 6 heteroatoms. The summed E-state index contributed by atoms with van der Waals surface area (Å²) in [7, 11) is 0. The van der Waals surface area contributed by atoms with Crippen LogP contribution in [0.15, 0.2) is 29.6 Å². The molecule has 1 aliphatic heterocycles. The largest absolute Gasteiger partial charge is 0.486 e. The maximum Gasteiger partial charge on any atom is 0.225 e. The Hall–Kier alpha value is -1.92. The Balaban J connectivity index is 1.53. The highest BCUT2D eigenvalue weighted by Crippen LogP contribution is 2.34. The molecule has 2 aromatic rings. The molecule has 0 bridgehead atoms. The van der Waals surface area contributed by atoms with Gasteiger partial charge in [0.05, 0.1) is 5.69 Å². The van der Waals surface area contributed by atoms with Crippen molar-refractivity contribution < 1.29 is 9.53 Å². The summed E-state index contributed by atoms with van der Waals surface area (Å²) in [6.07, 6.45) is 2.17. The summed E-state index contributed by atoms with van der Waals surface area (Å²) < 4.78 is 6.21. The zero-order valence-electron chi connectivity index (χ0n) is 15.6. The first kappa shape index (κ1) is 17.5. The Morgan fingerprint density at radius 2 is 2.15 bits per heavy atom. The molecule has 26 heavy (non-hydrogen) atoms. The Morgan fingerprint density at radius 3 is 2.88 bits per heavy atom. The second kappa shape index (κ2) is 6.67. The van der Waals surface area contributed by atoms with Gasteiger partial charge in [-0.25, -0.2) is 4.98 Å². The van der Waals surface area contributed by atoms with Gasteiger partial charge in [-0.1, -0.05) is 18.2 Å². The number of ether oxygens (including phenoxy) is 1. The summed E-state index contributed by atoms with van der Waals surface area (Å²) in [6, 6.07) is 8.60. The van der Waals surface area contributed by atoms with Crippen LogP contribution in [0.1, 0.15) is 44.9 Å². The van der Waals surface area contributed by atoms with Crippen LogP contribution in [0.25, 0.3) is 0 Å². The smallest absolute Gasteiger partial charge is 0.225 e. The van der Waals surface area contributed by atoms with E-state index in [9.17, 15) is 4.79 Å². The number of amides is 1. The summed E-state index contributed by atoms with van der Waals surface area (Å²) in [5.74, 6) is 1.06. The number of hydrogen-bond acceptors (Lipinski definition) is 5. The predicted octanol–water partition coefficient (Wildman–Crippen LogP) is 3.83. The lowest BCUT2D eigenvalue weighted by molar-refractivity contribution is -0.116. The first-order valence-electron chi connectivity index (χ1n) is 9.15. The number of anilines is 1. The Bertz CT molecular complexity index is 813. The molecule has 138 valence electrons. The average Bonchev–Trinajstić information content (AvgIpc) is 3.29. The first-order valence-corrected chi connectivity index (χ1v) is 10.0. The van der Waals surface area contributed by atoms with Crippen molar-refractivity contribution in [2.75, 3.05) is 11.4 Å². The fourth-order valence-electron chi connectivity index (χ4n) is 3.60. The Kier molecular flexibility index (Phi) is 4.49. The normalized spacial score (nSPS) is 19.3. The zero-order chi connectivity index (χ0) is 18.3. The van der Waals surface area contributed by atoms with Crippen LogP contribution in [0.5, 0.6) is 5.75 Å². The molecule has 1 fully saturated rings. The molecule has 4 rings (SSSR count). The number of benzene rings is 1. The van der Waals surface area contributed by atoms with Crippen molar-refractivity contribution in [3.63, 3.8) is 0 Å². The van der Waals surface area contributed by atoms with E-state index >= 15 is 0 Å². The highest BCUT2D eigenvalue weighted by atomic mass is 32.1. The van der Waals surface area contributed by atoms with Gasteiger partial charge < -0.3 is 4.74 Å². The van der Waals surface area contributed by atoms with Crippen molar-refractivity contribution in [1.82, 2.24) is 9.88 Å². The molecule has 2 heterocycles. The molecule has 1 saturated carbocycles. The monoisotopic (exact) mass is 371 g/mol. The van der Waals surface area contributed by atoms with Crippen LogP contribution in [0.3, 0.4) is 0 Å². The number of carbonyl (C=O) groups is 1. The van der Waals surface area contributed by atoms with Gasteiger partial charge in [0, 0.05) is 43.5 Å². The molecule has 0 N–H and O–H groups in total. The minimum Gasteiger partial charge on any atom is -0.486 e. The summed E-state index contributed by atoms with van der Waals surface area (Å²) in [6.45, 7) is 8.30. The Labute approximate surface area is 158 Å². The summed E-state index contributed by atoms with van der Waals surface area (Å²) >= 11 is 1.57. The molecule has 0 saturated heterocycles. The standard InChI is InChI=1S/C20H25N3O2S/c1-14(24)23(17-8-9-17)19-21-16(12-26-19)11-22-10-15-6-4-5-7-18(15)25-20(2,3)13-22/h4-7,12,17H,8-11,13H2,1-3H3. The lowest BCUT2D eigenvalue weighted by atomic mass is 10.1. The number of carbonyl (C=O) groups excluding carboxylic acids is 1. The van der Waals surface area contributed by atoms with Gasteiger partial charge in [-0.05, 0) is 32.8 Å². The number of hydrogen-bond donors (Lipinski definition) is 0. The lowest BCUT2D eigenvalue weighted by Gasteiger charge is -2.29. The Morgan fingerprint density at radius 1 is 1.38 bits per heavy atom. The van der Waals surface area contributed by atoms with Crippen LogP contribution in [-0.2, 0) is 17.9 Å². The average molecular weight is 372 g/mol. The highest BCUT2D eigenvalue weighted by molar-refractivity contribution is 7.14. The van der Waals surface area contributed by atoms with Crippen LogP contribution >= 0.6 is 11.3 Å². The van der Waals surface area contributed by atoms with Gasteiger partial charge in [0.2, 0.25) is 5.91 Å². The maximum absolute atomic E-state index is 12.0. The van der Waals surface area contributed by atoms with E-state index in [1.807, 2.05) is 17.0 Å². The highest BCUT2D eigenvalue weighted by Gasteiger charge is 2.34. The van der Waals surface area contributed by atoms with E-state index in [0.29, 0.717) is 6.04 Å². The second-order valence-corrected chi connectivity index (χ2v) is 8.69. The number of fused-ring (bicyclic) bond motifs is 1. The van der Waals surface area contributed by atoms with Gasteiger partial charge in [0.15, 0.2) is 5.13 Å². The van der Waals surface area contributed by atoms with Crippen molar-refractivity contribution in [3.8, 4) is 5.75 Å². The van der Waals surface area contributed by atoms with Gasteiger partial charge in [-0.3, -0.25) is 14.6 Å². The molecule has 5 nitrogen and oxygen atoms in total. The first-order chi connectivity index (χ1) is 12.4. The molecule has 1 aliphatic carbocycles. The van der Waals surface area contributed by atoms with Gasteiger partial charge >= 0.3 is 0 Å². The van der Waals surface area contributed by atoms with Gasteiger partial charge in [-0.2, -0.15) is 0 Å². The second-order valence-electron chi connectivity index (χ2n) is 7.86. The van der Waals surface area contributed by atoms with Crippen molar-refractivity contribution in [1.29, 1.82) is 0 Å². The number of nitrogens with zero attached hydrogens (tertiary/aromatic N) is 3. The van der Waals surface area contributed by atoms with E-state index in [1.165, 1.54) is 5.56 Å². The summed E-state index contributed by atoms with van der Waals surface area (Å²) in [5, 5.41) is 2.92. The SMILES string of the molecule is CC(=O)N(c1nc(CN2Cc3ccccc3OC(C)(C)C2)cs1)C1CC1. The third-order valence-electron chi connectivity index (χ3n) is 4.74. The molecular weight excluding hydrogens is 346 g/mol. The zero-order valence-corrected chi connectivity index (χ0v) is 16.4. The molecular formula is C20H25N3O2S. The molecule has 0 spiro atoms. The summed E-state index contributed by atoms with van der Waals surface area (Å²) in [4.78, 5) is 21.0. The van der Waals surface area contributed by atoms with Crippen molar-refractivity contribution >= 4 is 22.4 Å². The molecule has 0 atom stereocenters. The van der Waals surface area contributed by atoms with Crippen molar-refractivity contribution in [2.24, 2.45) is 0 Å². The van der Waals surface area contributed by atoms with Gasteiger partial charge in [-0.15, -0.1) is 11.3 Å². The van der Waals surface area contributed by atoms with Gasteiger partial charge in [0.25, 0.3) is 0 Å². The molecule has 0 unspecified atom stereocenters. The number of thiazole rings is 1. The van der Waals surface area contributed by atoms with Crippen LogP contribution in [0.4, 0.5) is 5.13 Å². The van der Waals surface area contributed by atoms with Crippen LogP contribution in [-0.4, -0.2) is 34.0 Å². The maximum atomic E-state index is 12.0. The number of para-hydroxylation sites is 1. The van der Waals surface area contributed by atoms with Gasteiger partial charge in [0.1, 0.15) is 11.4 Å². The van der Waals surface area contributed by atoms with Crippen LogP contribution in [0.2, 0.25) is 0 Å². The minimum absolute atomic E-state index is 0.0895. The minimum atomic E-state index is -0.259. The topological polar surface area (TPSA) is 45.7 Å². The number of aromatic nitrogens is 1. The van der Waals surface area contributed by atoms with Crippen LogP contribution in [0, 0.1) is 0 Å². The molecule has 1 aromatic carbocycles. The third-order valence-corrected chi connectivity index (χ3v) is 5.63. The predicted molar refractivity (Wildman–Crippen MR) is 104 cm³/mol. The quantitative estimate of drug-likeness (QED) is 0.819. The summed E-state index contributed by atoms with van der Waals surface area (Å²) in [5.41, 5.74) is 1.97. The molecule has 0 radical (unpaired) electrons. The van der Waals surface area contributed by atoms with E-state index in [0.717, 1.165) is 49.1 Å². The molecule has 2 aliphatic rings. The van der Waals surface area contributed by atoms with Crippen LogP contribution < -0.4 is 9.64 Å². The van der Waals surface area contributed by atoms with Crippen molar-refractivity contribution in [2.45, 2.75) is 58.3 Å². The van der Waals surface area contributed by atoms with Crippen molar-refractivity contribution in [3.05, 3.63) is 40.9 Å². The van der Waals surface area contributed by atoms with E-state index in [-0.39, 0.29) is 11.5 Å². The third kappa shape index (κ3) is 3.76. The lowest BCUT2D eigenvalue weighted by Crippen LogP contribution is -2.40. The van der Waals surface area contributed by atoms with E-state index in [4.69, 9.17) is 9.72 Å². The van der Waals surface area contributed by atoms with E-state index in [1.54, 1.807) is 18.3 Å². The van der Waals surface area contributed by atoms with E-state index < -0.39 is 0 Å². The number of rotatable bonds is 4. The molecule has 1 amide bonds. The van der Waals surface area contributed by atoms with E-state index in [2.05, 4.69) is 36.3 Å².